The third-order valence-electron chi connectivity index (χ3n) is 6.85. The van der Waals surface area contributed by atoms with Crippen LogP contribution in [0.4, 0.5) is 5.82 Å². The number of hydrogen-bond acceptors (Lipinski definition) is 8. The Bertz CT molecular complexity index is 1630. The van der Waals surface area contributed by atoms with Crippen molar-refractivity contribution < 1.29 is 13.2 Å². The lowest BCUT2D eigenvalue weighted by molar-refractivity contribution is -0.123. The molecule has 8 nitrogen and oxygen atoms in total. The van der Waals surface area contributed by atoms with Gasteiger partial charge in [0.25, 0.3) is 11.5 Å². The van der Waals surface area contributed by atoms with Crippen molar-refractivity contribution in [3.63, 3.8) is 0 Å². The van der Waals surface area contributed by atoms with Gasteiger partial charge in [-0.1, -0.05) is 54.3 Å². The number of rotatable bonds is 3. The van der Waals surface area contributed by atoms with E-state index in [4.69, 9.17) is 17.2 Å². The number of anilines is 1. The second-order valence-corrected chi connectivity index (χ2v) is 13.0. The predicted octanol–water partition coefficient (Wildman–Crippen LogP) is 2.65. The van der Waals surface area contributed by atoms with Crippen LogP contribution in [0, 0.1) is 0 Å². The number of hydrogen-bond donors (Lipinski definition) is 0. The second-order valence-electron chi connectivity index (χ2n) is 9.13. The van der Waals surface area contributed by atoms with Crippen LogP contribution in [-0.2, 0) is 27.6 Å². The highest BCUT2D eigenvalue weighted by Crippen LogP contribution is 2.37. The summed E-state index contributed by atoms with van der Waals surface area (Å²) >= 11 is 6.56. The van der Waals surface area contributed by atoms with Gasteiger partial charge in [0.1, 0.15) is 15.8 Å². The van der Waals surface area contributed by atoms with Gasteiger partial charge >= 0.3 is 0 Å². The predicted molar refractivity (Wildman–Crippen MR) is 145 cm³/mol. The van der Waals surface area contributed by atoms with E-state index in [-0.39, 0.29) is 23.0 Å². The minimum absolute atomic E-state index is 0.0459. The molecule has 5 heterocycles. The first-order valence-corrected chi connectivity index (χ1v) is 14.7. The number of amides is 1. The largest absolute Gasteiger partial charge is 0.351 e. The molecule has 11 heteroatoms. The molecule has 1 amide bonds. The average molecular weight is 539 g/mol. The maximum absolute atomic E-state index is 13.6. The smallest absolute Gasteiger partial charge is 0.267 e. The van der Waals surface area contributed by atoms with Crippen LogP contribution in [-0.4, -0.2) is 57.0 Å². The molecule has 2 aromatic heterocycles. The Balaban J connectivity index is 1.43. The number of aromatic nitrogens is 2. The van der Waals surface area contributed by atoms with Crippen LogP contribution in [0.15, 0.2) is 58.4 Å². The highest BCUT2D eigenvalue weighted by atomic mass is 32.2. The number of sulfone groups is 1. The summed E-state index contributed by atoms with van der Waals surface area (Å²) in [4.78, 5) is 35.6. The number of pyridine rings is 1. The maximum Gasteiger partial charge on any atom is 0.267 e. The minimum atomic E-state index is -3.19. The molecule has 0 unspecified atom stereocenters. The zero-order valence-electron chi connectivity index (χ0n) is 19.2. The molecule has 36 heavy (non-hydrogen) atoms. The van der Waals surface area contributed by atoms with Gasteiger partial charge in [0, 0.05) is 19.3 Å². The Labute approximate surface area is 217 Å². The van der Waals surface area contributed by atoms with Crippen molar-refractivity contribution in [3.05, 3.63) is 80.6 Å². The van der Waals surface area contributed by atoms with Crippen molar-refractivity contribution in [1.82, 2.24) is 14.3 Å². The lowest BCUT2D eigenvalue weighted by atomic mass is 9.99. The number of thiocarbonyl (C=S) groups is 1. The standard InChI is InChI=1S/C25H22N4O4S3/c30-23-19(13-20-24(31)29(25(34)35-20)18-9-12-36(32,33)15-18)22(26-21-7-3-4-10-28(21)23)27-11-8-16-5-1-2-6-17(16)14-27/h1-7,10,13,18H,8-9,11-12,14-15H2/b20-13-/t18-/m0/s1. The minimum Gasteiger partial charge on any atom is -0.351 e. The van der Waals surface area contributed by atoms with E-state index in [1.54, 1.807) is 24.4 Å². The van der Waals surface area contributed by atoms with Crippen LogP contribution in [0.5, 0.6) is 0 Å². The molecule has 1 atom stereocenters. The van der Waals surface area contributed by atoms with Crippen LogP contribution < -0.4 is 10.5 Å². The molecule has 3 aliphatic heterocycles. The Morgan fingerprint density at radius 2 is 1.86 bits per heavy atom. The first kappa shape index (κ1) is 23.4. The van der Waals surface area contributed by atoms with Crippen molar-refractivity contribution in [2.45, 2.75) is 25.4 Å². The molecule has 6 rings (SSSR count). The summed E-state index contributed by atoms with van der Waals surface area (Å²) in [6.07, 6.45) is 4.42. The van der Waals surface area contributed by atoms with E-state index in [1.165, 1.54) is 20.4 Å². The first-order valence-electron chi connectivity index (χ1n) is 11.6. The summed E-state index contributed by atoms with van der Waals surface area (Å²) in [5.41, 5.74) is 3.02. The molecule has 0 bridgehead atoms. The van der Waals surface area contributed by atoms with Crippen LogP contribution in [0.3, 0.4) is 0 Å². The number of thioether (sulfide) groups is 1. The van der Waals surface area contributed by atoms with Crippen LogP contribution in [0.25, 0.3) is 11.7 Å². The molecule has 3 aromatic rings. The van der Waals surface area contributed by atoms with Gasteiger partial charge in [-0.25, -0.2) is 13.4 Å². The van der Waals surface area contributed by atoms with Crippen LogP contribution in [0.1, 0.15) is 23.1 Å². The number of carbonyl (C=O) groups is 1. The van der Waals surface area contributed by atoms with Gasteiger partial charge in [0.15, 0.2) is 9.84 Å². The van der Waals surface area contributed by atoms with Crippen molar-refractivity contribution in [2.75, 3.05) is 23.0 Å². The molecular weight excluding hydrogens is 517 g/mol. The summed E-state index contributed by atoms with van der Waals surface area (Å²) < 4.78 is 25.8. The molecule has 0 aliphatic carbocycles. The van der Waals surface area contributed by atoms with E-state index >= 15 is 0 Å². The lowest BCUT2D eigenvalue weighted by Crippen LogP contribution is -2.39. The Kier molecular flexibility index (Phi) is 5.73. The lowest BCUT2D eigenvalue weighted by Gasteiger charge is -2.30. The Hall–Kier alpha value is -3.02. The van der Waals surface area contributed by atoms with Gasteiger partial charge < -0.3 is 4.90 Å². The zero-order chi connectivity index (χ0) is 25.0. The Morgan fingerprint density at radius 3 is 2.64 bits per heavy atom. The first-order chi connectivity index (χ1) is 17.3. The number of nitrogens with zero attached hydrogens (tertiary/aromatic N) is 4. The zero-order valence-corrected chi connectivity index (χ0v) is 21.6. The van der Waals surface area contributed by atoms with Crippen LogP contribution >= 0.6 is 24.0 Å². The molecule has 3 aliphatic rings. The maximum atomic E-state index is 13.6. The molecule has 0 radical (unpaired) electrons. The van der Waals surface area contributed by atoms with Gasteiger partial charge in [0.05, 0.1) is 28.0 Å². The van der Waals surface area contributed by atoms with E-state index in [2.05, 4.69) is 17.0 Å². The van der Waals surface area contributed by atoms with Gasteiger partial charge in [-0.3, -0.25) is 18.9 Å². The summed E-state index contributed by atoms with van der Waals surface area (Å²) in [7, 11) is -3.19. The summed E-state index contributed by atoms with van der Waals surface area (Å²) in [6, 6.07) is 13.1. The molecule has 184 valence electrons. The fourth-order valence-electron chi connectivity index (χ4n) is 5.04. The summed E-state index contributed by atoms with van der Waals surface area (Å²) in [5, 5.41) is 0. The van der Waals surface area contributed by atoms with E-state index in [9.17, 15) is 18.0 Å². The van der Waals surface area contributed by atoms with Gasteiger partial charge in [-0.15, -0.1) is 0 Å². The van der Waals surface area contributed by atoms with E-state index < -0.39 is 15.9 Å². The number of carbonyl (C=O) groups excluding carboxylic acids is 1. The van der Waals surface area contributed by atoms with Gasteiger partial charge in [-0.05, 0) is 42.2 Å². The molecule has 0 saturated carbocycles. The van der Waals surface area contributed by atoms with Crippen molar-refractivity contribution in [2.24, 2.45) is 0 Å². The quantitative estimate of drug-likeness (QED) is 0.371. The molecule has 2 saturated heterocycles. The third kappa shape index (κ3) is 4.04. The molecule has 0 N–H and O–H groups in total. The van der Waals surface area contributed by atoms with Crippen molar-refractivity contribution in [3.8, 4) is 0 Å². The highest BCUT2D eigenvalue weighted by molar-refractivity contribution is 8.26. The Morgan fingerprint density at radius 1 is 1.08 bits per heavy atom. The third-order valence-corrected chi connectivity index (χ3v) is 9.93. The normalized spacial score (nSPS) is 22.6. The van der Waals surface area contributed by atoms with E-state index in [0.29, 0.717) is 45.8 Å². The van der Waals surface area contributed by atoms with Crippen LogP contribution in [0.2, 0.25) is 0 Å². The summed E-state index contributed by atoms with van der Waals surface area (Å²) in [5.74, 6) is 0.115. The fourth-order valence-corrected chi connectivity index (χ4v) is 8.12. The van der Waals surface area contributed by atoms with E-state index in [1.807, 2.05) is 18.2 Å². The average Bonchev–Trinajstić information content (AvgIpc) is 3.37. The number of benzene rings is 1. The van der Waals surface area contributed by atoms with Crippen molar-refractivity contribution >= 4 is 61.6 Å². The highest BCUT2D eigenvalue weighted by Gasteiger charge is 2.42. The van der Waals surface area contributed by atoms with E-state index in [0.717, 1.165) is 18.2 Å². The number of fused-ring (bicyclic) bond motifs is 2. The van der Waals surface area contributed by atoms with Crippen molar-refractivity contribution in [1.29, 1.82) is 0 Å². The molecule has 2 fully saturated rings. The topological polar surface area (TPSA) is 92.1 Å². The fraction of sp³-hybridized carbons (Fsp3) is 0.280. The second kappa shape index (κ2) is 8.82. The molecular formula is C25H22N4O4S3. The molecule has 0 spiro atoms. The monoisotopic (exact) mass is 538 g/mol. The SMILES string of the molecule is O=C1/C(=C/c2c(N3CCc4ccccc4C3)nc3ccccn3c2=O)SC(=S)N1[C@H]1CCS(=O)(=O)C1. The van der Waals surface area contributed by atoms with Gasteiger partial charge in [0.2, 0.25) is 0 Å². The summed E-state index contributed by atoms with van der Waals surface area (Å²) in [6.45, 7) is 1.29. The van der Waals surface area contributed by atoms with Gasteiger partial charge in [-0.2, -0.15) is 0 Å². The molecule has 1 aromatic carbocycles.